The molecule has 2 amide bonds. The van der Waals surface area contributed by atoms with E-state index in [0.29, 0.717) is 12.3 Å². The van der Waals surface area contributed by atoms with Crippen molar-refractivity contribution in [2.45, 2.75) is 38.3 Å². The van der Waals surface area contributed by atoms with E-state index in [2.05, 4.69) is 5.32 Å². The molecule has 0 saturated heterocycles. The molecule has 39 heavy (non-hydrogen) atoms. The van der Waals surface area contributed by atoms with Crippen molar-refractivity contribution in [3.63, 3.8) is 0 Å². The van der Waals surface area contributed by atoms with Gasteiger partial charge in [-0.2, -0.15) is 0 Å². The second-order valence-electron chi connectivity index (χ2n) is 8.83. The van der Waals surface area contributed by atoms with E-state index in [1.165, 1.54) is 62.6 Å². The molecule has 0 spiro atoms. The number of halogens is 2. The molecule has 0 aliphatic rings. The summed E-state index contributed by atoms with van der Waals surface area (Å²) in [4.78, 5) is 27.6. The van der Waals surface area contributed by atoms with E-state index in [9.17, 15) is 22.4 Å². The van der Waals surface area contributed by atoms with E-state index in [0.717, 1.165) is 14.8 Å². The van der Waals surface area contributed by atoms with Crippen molar-refractivity contribution in [1.82, 2.24) is 10.2 Å². The van der Waals surface area contributed by atoms with Crippen molar-refractivity contribution < 1.29 is 27.1 Å². The smallest absolute Gasteiger partial charge is 0.264 e. The number of carbonyl (C=O) groups is 2. The normalized spacial score (nSPS) is 11.9. The van der Waals surface area contributed by atoms with E-state index >= 15 is 0 Å². The summed E-state index contributed by atoms with van der Waals surface area (Å²) in [5.41, 5.74) is 1.16. The molecule has 8 nitrogen and oxygen atoms in total. The Kier molecular flexibility index (Phi) is 9.93. The fourth-order valence-electron chi connectivity index (χ4n) is 3.89. The predicted octanol–water partition coefficient (Wildman–Crippen LogP) is 4.54. The van der Waals surface area contributed by atoms with Crippen LogP contribution in [0.3, 0.4) is 0 Å². The summed E-state index contributed by atoms with van der Waals surface area (Å²) in [5, 5.41) is 2.80. The van der Waals surface area contributed by atoms with E-state index in [-0.39, 0.29) is 27.7 Å². The fraction of sp³-hybridized carbons (Fsp3) is 0.286. The summed E-state index contributed by atoms with van der Waals surface area (Å²) >= 11 is 6.30. The number of benzene rings is 3. The molecule has 0 aliphatic heterocycles. The lowest BCUT2D eigenvalue weighted by Crippen LogP contribution is -2.51. The predicted molar refractivity (Wildman–Crippen MR) is 149 cm³/mol. The van der Waals surface area contributed by atoms with E-state index in [1.54, 1.807) is 25.1 Å². The van der Waals surface area contributed by atoms with Gasteiger partial charge in [0.1, 0.15) is 24.2 Å². The lowest BCUT2D eigenvalue weighted by molar-refractivity contribution is -0.139. The first-order valence-electron chi connectivity index (χ1n) is 12.2. The second-order valence-corrected chi connectivity index (χ2v) is 11.1. The van der Waals surface area contributed by atoms with Gasteiger partial charge < -0.3 is 15.0 Å². The number of hydrogen-bond donors (Lipinski definition) is 1. The maximum Gasteiger partial charge on any atom is 0.264 e. The number of hydrogen-bond acceptors (Lipinski definition) is 5. The highest BCUT2D eigenvalue weighted by Crippen LogP contribution is 2.32. The molecule has 0 fully saturated rings. The largest absolute Gasteiger partial charge is 0.495 e. The zero-order valence-electron chi connectivity index (χ0n) is 22.1. The summed E-state index contributed by atoms with van der Waals surface area (Å²) < 4.78 is 48.3. The second kappa shape index (κ2) is 12.9. The molecule has 0 radical (unpaired) electrons. The van der Waals surface area contributed by atoms with Crippen molar-refractivity contribution in [2.75, 3.05) is 24.5 Å². The number of rotatable bonds is 11. The van der Waals surface area contributed by atoms with Crippen molar-refractivity contribution >= 4 is 39.1 Å². The molecule has 0 aromatic heterocycles. The third-order valence-electron chi connectivity index (χ3n) is 6.13. The number of nitrogens with zero attached hydrogens (tertiary/aromatic N) is 2. The Labute approximate surface area is 233 Å². The van der Waals surface area contributed by atoms with Crippen LogP contribution in [0.4, 0.5) is 10.1 Å². The van der Waals surface area contributed by atoms with Crippen LogP contribution in [0, 0.1) is 12.7 Å². The molecule has 0 bridgehead atoms. The average molecular weight is 576 g/mol. The Morgan fingerprint density at radius 3 is 2.33 bits per heavy atom. The molecule has 3 aromatic carbocycles. The van der Waals surface area contributed by atoms with Gasteiger partial charge in [-0.1, -0.05) is 47.5 Å². The summed E-state index contributed by atoms with van der Waals surface area (Å²) in [7, 11) is -2.84. The summed E-state index contributed by atoms with van der Waals surface area (Å²) in [6.07, 6.45) is 0. The van der Waals surface area contributed by atoms with Crippen molar-refractivity contribution in [1.29, 1.82) is 0 Å². The molecule has 208 valence electrons. The van der Waals surface area contributed by atoms with E-state index < -0.39 is 40.2 Å². The van der Waals surface area contributed by atoms with Gasteiger partial charge in [-0.05, 0) is 57.2 Å². The number of amides is 2. The topological polar surface area (TPSA) is 96.0 Å². The summed E-state index contributed by atoms with van der Waals surface area (Å²) in [5.74, 6) is -1.39. The molecule has 1 atom stereocenters. The van der Waals surface area contributed by atoms with Gasteiger partial charge >= 0.3 is 0 Å². The van der Waals surface area contributed by atoms with Gasteiger partial charge in [-0.25, -0.2) is 12.8 Å². The molecule has 1 N–H and O–H groups in total. The molecule has 0 aliphatic carbocycles. The van der Waals surface area contributed by atoms with Crippen LogP contribution in [0.1, 0.15) is 25.0 Å². The van der Waals surface area contributed by atoms with Crippen LogP contribution in [-0.2, 0) is 26.2 Å². The maximum atomic E-state index is 14.5. The van der Waals surface area contributed by atoms with Crippen LogP contribution in [-0.4, -0.2) is 51.4 Å². The maximum absolute atomic E-state index is 14.5. The van der Waals surface area contributed by atoms with Crippen molar-refractivity contribution in [3.8, 4) is 5.75 Å². The lowest BCUT2D eigenvalue weighted by atomic mass is 10.1. The third kappa shape index (κ3) is 7.07. The number of anilines is 1. The summed E-state index contributed by atoms with van der Waals surface area (Å²) in [6.45, 7) is 4.47. The Hall–Kier alpha value is -3.63. The Morgan fingerprint density at radius 2 is 1.74 bits per heavy atom. The Morgan fingerprint density at radius 1 is 1.08 bits per heavy atom. The van der Waals surface area contributed by atoms with Gasteiger partial charge in [-0.3, -0.25) is 13.9 Å². The van der Waals surface area contributed by atoms with Crippen LogP contribution in [0.25, 0.3) is 0 Å². The van der Waals surface area contributed by atoms with Crippen molar-refractivity contribution in [2.24, 2.45) is 0 Å². The number of carbonyl (C=O) groups excluding carboxylic acids is 2. The lowest BCUT2D eigenvalue weighted by Gasteiger charge is -2.32. The molecule has 3 rings (SSSR count). The number of nitrogens with one attached hydrogen (secondary N) is 1. The Balaban J connectivity index is 2.08. The number of sulfonamides is 1. The minimum Gasteiger partial charge on any atom is -0.495 e. The number of methoxy groups -OCH3 is 1. The first kappa shape index (κ1) is 29.9. The SMILES string of the molecule is CCNC(=O)C(C)N(Cc1ccccc1F)C(=O)CN(c1ccc(OC)c(Cl)c1)S(=O)(=O)c1ccc(C)cc1. The van der Waals surface area contributed by atoms with Crippen molar-refractivity contribution in [3.05, 3.63) is 88.7 Å². The van der Waals surface area contributed by atoms with E-state index in [4.69, 9.17) is 16.3 Å². The minimum absolute atomic E-state index is 0.0368. The van der Waals surface area contributed by atoms with Crippen LogP contribution >= 0.6 is 11.6 Å². The molecular formula is C28H31ClFN3O5S. The van der Waals surface area contributed by atoms with Gasteiger partial charge in [0, 0.05) is 18.7 Å². The zero-order valence-corrected chi connectivity index (χ0v) is 23.7. The zero-order chi connectivity index (χ0) is 28.7. The van der Waals surface area contributed by atoms with Crippen LogP contribution in [0.2, 0.25) is 5.02 Å². The third-order valence-corrected chi connectivity index (χ3v) is 8.21. The summed E-state index contributed by atoms with van der Waals surface area (Å²) in [6, 6.07) is 15.4. The fourth-order valence-corrected chi connectivity index (χ4v) is 5.55. The van der Waals surface area contributed by atoms with Crippen LogP contribution in [0.5, 0.6) is 5.75 Å². The number of ether oxygens (including phenoxy) is 1. The molecule has 0 saturated carbocycles. The van der Waals surface area contributed by atoms with Crippen LogP contribution in [0.15, 0.2) is 71.6 Å². The van der Waals surface area contributed by atoms with Gasteiger partial charge in [-0.15, -0.1) is 0 Å². The van der Waals surface area contributed by atoms with Gasteiger partial charge in [0.05, 0.1) is 22.7 Å². The molecule has 11 heteroatoms. The number of aryl methyl sites for hydroxylation is 1. The van der Waals surface area contributed by atoms with Gasteiger partial charge in [0.25, 0.3) is 10.0 Å². The van der Waals surface area contributed by atoms with Gasteiger partial charge in [0.2, 0.25) is 11.8 Å². The molecule has 3 aromatic rings. The monoisotopic (exact) mass is 575 g/mol. The average Bonchev–Trinajstić information content (AvgIpc) is 2.91. The molecular weight excluding hydrogens is 545 g/mol. The quantitative estimate of drug-likeness (QED) is 0.362. The highest BCUT2D eigenvalue weighted by Gasteiger charge is 2.33. The molecule has 0 heterocycles. The molecule has 1 unspecified atom stereocenters. The number of likely N-dealkylation sites (N-methyl/N-ethyl adjacent to an activating group) is 1. The highest BCUT2D eigenvalue weighted by atomic mass is 35.5. The Bertz CT molecular complexity index is 1430. The standard InChI is InChI=1S/C28H31ClFN3O5S/c1-5-31-28(35)20(3)32(17-21-8-6-7-9-25(21)30)27(34)18-33(22-12-15-26(38-4)24(29)16-22)39(36,37)23-13-10-19(2)11-14-23/h6-16,20H,5,17-18H2,1-4H3,(H,31,35). The first-order chi connectivity index (χ1) is 18.5. The van der Waals surface area contributed by atoms with Crippen LogP contribution < -0.4 is 14.4 Å². The van der Waals surface area contributed by atoms with Gasteiger partial charge in [0.15, 0.2) is 0 Å². The first-order valence-corrected chi connectivity index (χ1v) is 14.0. The highest BCUT2D eigenvalue weighted by molar-refractivity contribution is 7.92. The minimum atomic E-state index is -4.26. The van der Waals surface area contributed by atoms with E-state index in [1.807, 2.05) is 6.92 Å².